The van der Waals surface area contributed by atoms with Gasteiger partial charge in [-0.25, -0.2) is 4.79 Å². The number of fused-ring (bicyclic) bond motifs is 1. The molecule has 11 nitrogen and oxygen atoms in total. The van der Waals surface area contributed by atoms with Gasteiger partial charge in [0.25, 0.3) is 0 Å². The molecule has 11 heteroatoms. The standard InChI is InChI=1S/C31H40N6O5/c32-15-7-6-13-25(31(41)42)35-29(39)26(17-20-9-2-1-3-10-20)36-30(40)27(37-28(38)24-14-8-16-33-24)18-21-19-34-23-12-5-4-11-22(21)23/h1-5,9-12,19,24-27,33-34H,6-8,13-18,32H2,(H,35,39)(H,36,40)(H,37,38)(H,41,42). The fraction of sp³-hybridized carbons (Fsp3) is 0.419. The Hall–Kier alpha value is -4.22. The summed E-state index contributed by atoms with van der Waals surface area (Å²) >= 11 is 0. The van der Waals surface area contributed by atoms with Crippen molar-refractivity contribution in [1.82, 2.24) is 26.3 Å². The van der Waals surface area contributed by atoms with Crippen molar-refractivity contribution in [3.05, 3.63) is 71.9 Å². The second kappa shape index (κ2) is 15.1. The summed E-state index contributed by atoms with van der Waals surface area (Å²) in [5, 5.41) is 22.1. The van der Waals surface area contributed by atoms with Crippen LogP contribution in [0.4, 0.5) is 0 Å². The normalized spacial score (nSPS) is 16.8. The predicted octanol–water partition coefficient (Wildman–Crippen LogP) is 1.37. The number of nitrogens with one attached hydrogen (secondary N) is 5. The topological polar surface area (TPSA) is 178 Å². The van der Waals surface area contributed by atoms with Gasteiger partial charge in [0, 0.05) is 29.9 Å². The smallest absolute Gasteiger partial charge is 0.326 e. The van der Waals surface area contributed by atoms with Gasteiger partial charge in [-0.2, -0.15) is 0 Å². The molecule has 1 saturated heterocycles. The average molecular weight is 577 g/mol. The number of aromatic nitrogens is 1. The molecular formula is C31H40N6O5. The molecule has 0 radical (unpaired) electrons. The number of benzene rings is 2. The third-order valence-electron chi connectivity index (χ3n) is 7.59. The van der Waals surface area contributed by atoms with E-state index in [0.29, 0.717) is 25.8 Å². The number of aliphatic carboxylic acids is 1. The first kappa shape index (κ1) is 30.7. The molecule has 0 saturated carbocycles. The zero-order valence-corrected chi connectivity index (χ0v) is 23.6. The van der Waals surface area contributed by atoms with Crippen LogP contribution in [-0.4, -0.2) is 71.0 Å². The summed E-state index contributed by atoms with van der Waals surface area (Å²) in [6.45, 7) is 1.15. The minimum Gasteiger partial charge on any atom is -0.480 e. The van der Waals surface area contributed by atoms with E-state index in [1.165, 1.54) is 0 Å². The molecule has 3 aromatic rings. The van der Waals surface area contributed by atoms with Gasteiger partial charge in [-0.15, -0.1) is 0 Å². The van der Waals surface area contributed by atoms with Gasteiger partial charge < -0.3 is 37.1 Å². The van der Waals surface area contributed by atoms with E-state index in [2.05, 4.69) is 26.3 Å². The summed E-state index contributed by atoms with van der Waals surface area (Å²) in [6, 6.07) is 13.3. The summed E-state index contributed by atoms with van der Waals surface area (Å²) in [6.07, 6.45) is 5.10. The quantitative estimate of drug-likeness (QED) is 0.134. The Balaban J connectivity index is 1.56. The zero-order valence-electron chi connectivity index (χ0n) is 23.6. The number of carbonyl (C=O) groups is 4. The van der Waals surface area contributed by atoms with Crippen LogP contribution in [-0.2, 0) is 32.0 Å². The maximum atomic E-state index is 13.8. The number of amides is 3. The first-order chi connectivity index (χ1) is 20.4. The van der Waals surface area contributed by atoms with Crippen LogP contribution < -0.4 is 27.0 Å². The van der Waals surface area contributed by atoms with Crippen LogP contribution in [0.25, 0.3) is 10.9 Å². The van der Waals surface area contributed by atoms with Crippen LogP contribution in [0.2, 0.25) is 0 Å². The molecule has 2 aromatic carbocycles. The molecule has 0 bridgehead atoms. The highest BCUT2D eigenvalue weighted by atomic mass is 16.4. The van der Waals surface area contributed by atoms with Crippen molar-refractivity contribution in [2.24, 2.45) is 5.73 Å². The number of hydrogen-bond acceptors (Lipinski definition) is 6. The number of rotatable bonds is 15. The SMILES string of the molecule is NCCCCC(NC(=O)C(Cc1ccccc1)NC(=O)C(Cc1c[nH]c2ccccc12)NC(=O)C1CCCN1)C(=O)O. The lowest BCUT2D eigenvalue weighted by Crippen LogP contribution is -2.58. The van der Waals surface area contributed by atoms with Gasteiger partial charge in [0.2, 0.25) is 17.7 Å². The summed E-state index contributed by atoms with van der Waals surface area (Å²) < 4.78 is 0. The van der Waals surface area contributed by atoms with Gasteiger partial charge in [0.15, 0.2) is 0 Å². The summed E-state index contributed by atoms with van der Waals surface area (Å²) in [4.78, 5) is 55.5. The molecule has 1 aliphatic rings. The molecule has 1 fully saturated rings. The molecule has 42 heavy (non-hydrogen) atoms. The minimum absolute atomic E-state index is 0.144. The van der Waals surface area contributed by atoms with Gasteiger partial charge >= 0.3 is 5.97 Å². The number of unbranched alkanes of at least 4 members (excludes halogenated alkanes) is 1. The highest BCUT2D eigenvalue weighted by Gasteiger charge is 2.32. The molecule has 3 amide bonds. The number of carboxylic acid groups (broad SMARTS) is 1. The molecular weight excluding hydrogens is 536 g/mol. The minimum atomic E-state index is -1.15. The average Bonchev–Trinajstić information content (AvgIpc) is 3.67. The second-order valence-electron chi connectivity index (χ2n) is 10.7. The molecule has 4 unspecified atom stereocenters. The molecule has 224 valence electrons. The van der Waals surface area contributed by atoms with Crippen molar-refractivity contribution < 1.29 is 24.3 Å². The lowest BCUT2D eigenvalue weighted by atomic mass is 10.0. The number of carboxylic acids is 1. The fourth-order valence-electron chi connectivity index (χ4n) is 5.26. The summed E-state index contributed by atoms with van der Waals surface area (Å²) in [5.41, 5.74) is 8.09. The number of H-pyrrole nitrogens is 1. The predicted molar refractivity (Wildman–Crippen MR) is 160 cm³/mol. The molecule has 8 N–H and O–H groups in total. The first-order valence-corrected chi connectivity index (χ1v) is 14.5. The zero-order chi connectivity index (χ0) is 29.9. The third-order valence-corrected chi connectivity index (χ3v) is 7.59. The van der Waals surface area contributed by atoms with Crippen molar-refractivity contribution in [3.8, 4) is 0 Å². The number of para-hydroxylation sites is 1. The molecule has 4 rings (SSSR count). The van der Waals surface area contributed by atoms with Crippen molar-refractivity contribution in [1.29, 1.82) is 0 Å². The van der Waals surface area contributed by atoms with Gasteiger partial charge in [-0.3, -0.25) is 14.4 Å². The molecule has 1 aliphatic heterocycles. The van der Waals surface area contributed by atoms with E-state index in [4.69, 9.17) is 5.73 Å². The number of aromatic amines is 1. The van der Waals surface area contributed by atoms with Crippen molar-refractivity contribution in [3.63, 3.8) is 0 Å². The largest absolute Gasteiger partial charge is 0.480 e. The summed E-state index contributed by atoms with van der Waals surface area (Å²) in [5.74, 6) is -2.57. The Morgan fingerprint density at radius 1 is 0.881 bits per heavy atom. The van der Waals surface area contributed by atoms with Gasteiger partial charge in [-0.05, 0) is 62.4 Å². The van der Waals surface area contributed by atoms with E-state index < -0.39 is 42.0 Å². The van der Waals surface area contributed by atoms with E-state index in [1.54, 1.807) is 0 Å². The van der Waals surface area contributed by atoms with E-state index in [9.17, 15) is 24.3 Å². The lowest BCUT2D eigenvalue weighted by molar-refractivity contribution is -0.142. The maximum Gasteiger partial charge on any atom is 0.326 e. The van der Waals surface area contributed by atoms with Crippen molar-refractivity contribution in [2.75, 3.05) is 13.1 Å². The van der Waals surface area contributed by atoms with E-state index in [0.717, 1.165) is 35.0 Å². The highest BCUT2D eigenvalue weighted by molar-refractivity contribution is 5.95. The molecule has 2 heterocycles. The van der Waals surface area contributed by atoms with Crippen LogP contribution >= 0.6 is 0 Å². The van der Waals surface area contributed by atoms with Crippen LogP contribution in [0.5, 0.6) is 0 Å². The van der Waals surface area contributed by atoms with Gasteiger partial charge in [-0.1, -0.05) is 48.5 Å². The van der Waals surface area contributed by atoms with Gasteiger partial charge in [0.05, 0.1) is 6.04 Å². The van der Waals surface area contributed by atoms with Crippen LogP contribution in [0.1, 0.15) is 43.2 Å². The number of nitrogens with two attached hydrogens (primary N) is 1. The number of hydrogen-bond donors (Lipinski definition) is 7. The molecule has 4 atom stereocenters. The monoisotopic (exact) mass is 576 g/mol. The fourth-order valence-corrected chi connectivity index (χ4v) is 5.26. The highest BCUT2D eigenvalue weighted by Crippen LogP contribution is 2.20. The Labute approximate surface area is 245 Å². The van der Waals surface area contributed by atoms with Crippen LogP contribution in [0.15, 0.2) is 60.8 Å². The summed E-state index contributed by atoms with van der Waals surface area (Å²) in [7, 11) is 0. The molecule has 0 aliphatic carbocycles. The lowest BCUT2D eigenvalue weighted by Gasteiger charge is -2.25. The van der Waals surface area contributed by atoms with Crippen molar-refractivity contribution in [2.45, 2.75) is 69.1 Å². The van der Waals surface area contributed by atoms with E-state index in [1.807, 2.05) is 60.8 Å². The van der Waals surface area contributed by atoms with E-state index >= 15 is 0 Å². The van der Waals surface area contributed by atoms with Gasteiger partial charge in [0.1, 0.15) is 18.1 Å². The Morgan fingerprint density at radius 3 is 2.26 bits per heavy atom. The van der Waals surface area contributed by atoms with E-state index in [-0.39, 0.29) is 25.2 Å². The number of carbonyl (C=O) groups excluding carboxylic acids is 3. The first-order valence-electron chi connectivity index (χ1n) is 14.5. The molecule has 0 spiro atoms. The Bertz CT molecular complexity index is 1350. The van der Waals surface area contributed by atoms with Crippen LogP contribution in [0, 0.1) is 0 Å². The maximum absolute atomic E-state index is 13.8. The Kier molecular flexibility index (Phi) is 11.1. The second-order valence-corrected chi connectivity index (χ2v) is 10.7. The van der Waals surface area contributed by atoms with Crippen molar-refractivity contribution >= 4 is 34.6 Å². The van der Waals surface area contributed by atoms with Crippen LogP contribution in [0.3, 0.4) is 0 Å². The Morgan fingerprint density at radius 2 is 1.57 bits per heavy atom. The third kappa shape index (κ3) is 8.40. The molecule has 1 aromatic heterocycles.